The second kappa shape index (κ2) is 8.43. The van der Waals surface area contributed by atoms with E-state index in [9.17, 15) is 9.59 Å². The summed E-state index contributed by atoms with van der Waals surface area (Å²) in [4.78, 5) is 31.2. The predicted molar refractivity (Wildman–Crippen MR) is 106 cm³/mol. The number of nitrogens with two attached hydrogens (primary N) is 1. The first kappa shape index (κ1) is 21.1. The van der Waals surface area contributed by atoms with Gasteiger partial charge in [0, 0.05) is 13.8 Å². The molecular weight excluding hydrogens is 420 g/mol. The Morgan fingerprint density at radius 2 is 2.03 bits per heavy atom. The summed E-state index contributed by atoms with van der Waals surface area (Å²) in [5, 5.41) is 0. The molecule has 0 unspecified atom stereocenters. The highest BCUT2D eigenvalue weighted by atomic mass is 32.1. The summed E-state index contributed by atoms with van der Waals surface area (Å²) in [7, 11) is 0. The van der Waals surface area contributed by atoms with E-state index in [2.05, 4.69) is 16.5 Å². The van der Waals surface area contributed by atoms with Crippen LogP contribution in [0.3, 0.4) is 0 Å². The second-order valence-electron chi connectivity index (χ2n) is 6.38. The highest BCUT2D eigenvalue weighted by molar-refractivity contribution is 7.73. The minimum absolute atomic E-state index is 0.0717. The molecule has 1 saturated heterocycles. The average molecular weight is 441 g/mol. The van der Waals surface area contributed by atoms with Gasteiger partial charge in [0.2, 0.25) is 5.95 Å². The Labute approximate surface area is 175 Å². The Balaban J connectivity index is 2.08. The monoisotopic (exact) mass is 440 g/mol. The van der Waals surface area contributed by atoms with Crippen LogP contribution in [0.15, 0.2) is 18.5 Å². The number of esters is 2. The zero-order valence-corrected chi connectivity index (χ0v) is 17.6. The highest BCUT2D eigenvalue weighted by Crippen LogP contribution is 2.38. The molecule has 0 aliphatic carbocycles. The summed E-state index contributed by atoms with van der Waals surface area (Å²) < 4.78 is 25.3. The molecule has 1 aliphatic heterocycles. The van der Waals surface area contributed by atoms with Crippen LogP contribution in [-0.2, 0) is 28.5 Å². The molecule has 0 radical (unpaired) electrons. The van der Waals surface area contributed by atoms with Crippen molar-refractivity contribution in [3.63, 3.8) is 0 Å². The number of hydrogen-bond donors (Lipinski definition) is 1. The highest BCUT2D eigenvalue weighted by Gasteiger charge is 2.50. The Hall–Kier alpha value is -2.57. The standard InChI is InChI=1S/C17H20N4O6S2/c1-7(2)25-13-12(26-9(4)23)10(6-24-8(3)22)27-15(13)21-14-11(29-17(21)28)5-19-16(18)20-14/h5,10,12-13,15H,1,6H2,2-4H3,(H2,18,19,20)/t10-,12+,13-,15-/m1/s1. The van der Waals surface area contributed by atoms with E-state index in [1.807, 2.05) is 0 Å². The number of hydrogen-bond acceptors (Lipinski definition) is 11. The lowest BCUT2D eigenvalue weighted by Gasteiger charge is -2.25. The van der Waals surface area contributed by atoms with Gasteiger partial charge in [0.15, 0.2) is 28.0 Å². The molecule has 0 aromatic carbocycles. The van der Waals surface area contributed by atoms with Gasteiger partial charge in [-0.3, -0.25) is 14.2 Å². The maximum atomic E-state index is 11.7. The Morgan fingerprint density at radius 1 is 1.31 bits per heavy atom. The lowest BCUT2D eigenvalue weighted by atomic mass is 10.1. The van der Waals surface area contributed by atoms with E-state index < -0.39 is 36.5 Å². The van der Waals surface area contributed by atoms with Crippen molar-refractivity contribution >= 4 is 51.8 Å². The van der Waals surface area contributed by atoms with Gasteiger partial charge in [0.1, 0.15) is 12.7 Å². The van der Waals surface area contributed by atoms with Crippen molar-refractivity contribution in [1.29, 1.82) is 0 Å². The van der Waals surface area contributed by atoms with E-state index in [1.54, 1.807) is 17.7 Å². The van der Waals surface area contributed by atoms with Crippen molar-refractivity contribution in [3.05, 3.63) is 22.5 Å². The van der Waals surface area contributed by atoms with Crippen LogP contribution < -0.4 is 5.73 Å². The molecule has 2 aromatic heterocycles. The lowest BCUT2D eigenvalue weighted by Crippen LogP contribution is -2.39. The summed E-state index contributed by atoms with van der Waals surface area (Å²) >= 11 is 6.77. The third-order valence-electron chi connectivity index (χ3n) is 4.01. The number of nitrogens with zero attached hydrogens (tertiary/aromatic N) is 3. The van der Waals surface area contributed by atoms with Crippen LogP contribution in [0.2, 0.25) is 0 Å². The number of thiazole rings is 1. The molecule has 3 heterocycles. The summed E-state index contributed by atoms with van der Waals surface area (Å²) in [5.41, 5.74) is 6.20. The molecule has 0 saturated carbocycles. The largest absolute Gasteiger partial charge is 0.487 e. The Bertz CT molecular complexity index is 1020. The third kappa shape index (κ3) is 4.54. The number of fused-ring (bicyclic) bond motifs is 1. The summed E-state index contributed by atoms with van der Waals surface area (Å²) in [5.74, 6) is -0.571. The first-order chi connectivity index (χ1) is 13.7. The van der Waals surface area contributed by atoms with Crippen molar-refractivity contribution in [2.45, 2.75) is 45.3 Å². The van der Waals surface area contributed by atoms with E-state index in [1.165, 1.54) is 25.2 Å². The first-order valence-corrected chi connectivity index (χ1v) is 9.81. The molecule has 1 fully saturated rings. The van der Waals surface area contributed by atoms with Gasteiger partial charge < -0.3 is 24.7 Å². The molecule has 0 bridgehead atoms. The quantitative estimate of drug-likeness (QED) is 0.405. The van der Waals surface area contributed by atoms with Gasteiger partial charge in [-0.15, -0.1) is 11.3 Å². The van der Waals surface area contributed by atoms with Crippen molar-refractivity contribution in [3.8, 4) is 0 Å². The van der Waals surface area contributed by atoms with Gasteiger partial charge >= 0.3 is 11.9 Å². The molecule has 0 amide bonds. The second-order valence-corrected chi connectivity index (χ2v) is 8.06. The van der Waals surface area contributed by atoms with Crippen molar-refractivity contribution in [2.24, 2.45) is 0 Å². The SMILES string of the molecule is C=C(C)O[C@@H]1[C@@H](OC(C)=O)[C@@H](COC(C)=O)O[C@H]1n1c(=S)sc2cnc(N)nc21. The van der Waals surface area contributed by atoms with Crippen LogP contribution in [0.4, 0.5) is 5.95 Å². The number of rotatable bonds is 6. The Morgan fingerprint density at radius 3 is 2.66 bits per heavy atom. The van der Waals surface area contributed by atoms with Gasteiger partial charge in [0.25, 0.3) is 0 Å². The number of carbonyl (C=O) groups is 2. The van der Waals surface area contributed by atoms with Gasteiger partial charge in [-0.2, -0.15) is 4.98 Å². The van der Waals surface area contributed by atoms with E-state index in [0.717, 1.165) is 0 Å². The molecule has 10 nitrogen and oxygen atoms in total. The van der Waals surface area contributed by atoms with Gasteiger partial charge in [0.05, 0.1) is 16.7 Å². The summed E-state index contributed by atoms with van der Waals surface area (Å²) in [6, 6.07) is 0. The van der Waals surface area contributed by atoms with Crippen LogP contribution in [0.1, 0.15) is 27.0 Å². The number of ether oxygens (including phenoxy) is 4. The normalized spacial score (nSPS) is 23.7. The van der Waals surface area contributed by atoms with Crippen LogP contribution in [0.5, 0.6) is 0 Å². The van der Waals surface area contributed by atoms with Crippen molar-refractivity contribution in [1.82, 2.24) is 14.5 Å². The van der Waals surface area contributed by atoms with Crippen LogP contribution >= 0.6 is 23.6 Å². The maximum Gasteiger partial charge on any atom is 0.303 e. The van der Waals surface area contributed by atoms with Crippen molar-refractivity contribution < 1.29 is 28.5 Å². The van der Waals surface area contributed by atoms with Gasteiger partial charge in [-0.1, -0.05) is 6.58 Å². The lowest BCUT2D eigenvalue weighted by molar-refractivity contribution is -0.157. The third-order valence-corrected chi connectivity index (χ3v) is 5.33. The number of carbonyl (C=O) groups excluding carboxylic acids is 2. The summed E-state index contributed by atoms with van der Waals surface area (Å²) in [6.07, 6.45) is -1.72. The Kier molecular flexibility index (Phi) is 6.15. The molecule has 3 rings (SSSR count). The fourth-order valence-corrected chi connectivity index (χ4v) is 4.29. The smallest absolute Gasteiger partial charge is 0.303 e. The van der Waals surface area contributed by atoms with Gasteiger partial charge in [-0.05, 0) is 19.1 Å². The molecule has 2 N–H and O–H groups in total. The first-order valence-electron chi connectivity index (χ1n) is 8.59. The van der Waals surface area contributed by atoms with Crippen molar-refractivity contribution in [2.75, 3.05) is 12.3 Å². The van der Waals surface area contributed by atoms with Gasteiger partial charge in [-0.25, -0.2) is 4.98 Å². The fraction of sp³-hybridized carbons (Fsp3) is 0.471. The number of allylic oxidation sites excluding steroid dienone is 1. The zero-order chi connectivity index (χ0) is 21.3. The number of nitrogen functional groups attached to an aromatic ring is 1. The summed E-state index contributed by atoms with van der Waals surface area (Å²) in [6.45, 7) is 7.84. The minimum atomic E-state index is -0.871. The molecule has 156 valence electrons. The van der Waals surface area contributed by atoms with Crippen LogP contribution in [0.25, 0.3) is 10.3 Å². The average Bonchev–Trinajstić information content (AvgIpc) is 3.09. The van der Waals surface area contributed by atoms with E-state index in [4.69, 9.17) is 36.9 Å². The molecule has 4 atom stereocenters. The zero-order valence-electron chi connectivity index (χ0n) is 16.0. The maximum absolute atomic E-state index is 11.7. The van der Waals surface area contributed by atoms with Crippen LogP contribution in [-0.4, -0.2) is 51.4 Å². The predicted octanol–water partition coefficient (Wildman–Crippen LogP) is 2.12. The molecule has 12 heteroatoms. The number of anilines is 1. The van der Waals surface area contributed by atoms with E-state index in [-0.39, 0.29) is 12.6 Å². The van der Waals surface area contributed by atoms with E-state index in [0.29, 0.717) is 20.1 Å². The minimum Gasteiger partial charge on any atom is -0.487 e. The van der Waals surface area contributed by atoms with E-state index >= 15 is 0 Å². The fourth-order valence-electron chi connectivity index (χ4n) is 3.02. The van der Waals surface area contributed by atoms with Crippen LogP contribution in [0, 0.1) is 3.95 Å². The molecule has 0 spiro atoms. The molecule has 2 aromatic rings. The topological polar surface area (TPSA) is 128 Å². The molecular formula is C17H20N4O6S2. The molecule has 1 aliphatic rings. The molecule has 29 heavy (non-hydrogen) atoms. The number of aromatic nitrogens is 3.